The van der Waals surface area contributed by atoms with Gasteiger partial charge in [-0.1, -0.05) is 29.3 Å². The number of ether oxygens (including phenoxy) is 1. The van der Waals surface area contributed by atoms with E-state index in [9.17, 15) is 18.0 Å². The van der Waals surface area contributed by atoms with E-state index in [1.807, 2.05) is 0 Å². The molecule has 4 aromatic rings. The molecule has 1 heterocycles. The van der Waals surface area contributed by atoms with E-state index in [0.717, 1.165) is 11.3 Å². The predicted molar refractivity (Wildman–Crippen MR) is 133 cm³/mol. The number of hydrogen-bond donors (Lipinski definition) is 0. The molecule has 0 saturated carbocycles. The Hall–Kier alpha value is -3.17. The van der Waals surface area contributed by atoms with Gasteiger partial charge in [0.25, 0.3) is 15.9 Å². The molecule has 0 aliphatic carbocycles. The summed E-state index contributed by atoms with van der Waals surface area (Å²) >= 11 is 12.7. The Morgan fingerprint density at radius 3 is 1.85 bits per heavy atom. The number of esters is 1. The number of amides is 1. The molecule has 6 nitrogen and oxygen atoms in total. The fourth-order valence-electron chi connectivity index (χ4n) is 2.98. The van der Waals surface area contributed by atoms with Gasteiger partial charge < -0.3 is 4.74 Å². The summed E-state index contributed by atoms with van der Waals surface area (Å²) in [6.45, 7) is 0. The minimum atomic E-state index is -4.20. The molecule has 0 radical (unpaired) electrons. The van der Waals surface area contributed by atoms with Crippen LogP contribution in [0, 0.1) is 0 Å². The van der Waals surface area contributed by atoms with Crippen molar-refractivity contribution in [3.8, 4) is 5.75 Å². The first-order chi connectivity index (χ1) is 16.3. The Morgan fingerprint density at radius 2 is 1.32 bits per heavy atom. The van der Waals surface area contributed by atoms with Crippen LogP contribution in [0.15, 0.2) is 94.5 Å². The second-order valence-corrected chi connectivity index (χ2v) is 10.7. The van der Waals surface area contributed by atoms with Crippen LogP contribution in [-0.4, -0.2) is 20.3 Å². The van der Waals surface area contributed by atoms with Gasteiger partial charge in [0, 0.05) is 15.6 Å². The highest BCUT2D eigenvalue weighted by molar-refractivity contribution is 7.95. The van der Waals surface area contributed by atoms with Crippen molar-refractivity contribution in [3.05, 3.63) is 111 Å². The highest BCUT2D eigenvalue weighted by Crippen LogP contribution is 2.30. The lowest BCUT2D eigenvalue weighted by Gasteiger charge is -2.22. The summed E-state index contributed by atoms with van der Waals surface area (Å²) in [7, 11) is -4.20. The summed E-state index contributed by atoms with van der Waals surface area (Å²) in [6.07, 6.45) is 0. The van der Waals surface area contributed by atoms with E-state index in [1.165, 1.54) is 66.7 Å². The molecule has 0 unspecified atom stereocenters. The number of benzene rings is 3. The quantitative estimate of drug-likeness (QED) is 0.215. The van der Waals surface area contributed by atoms with E-state index >= 15 is 0 Å². The first kappa shape index (κ1) is 24.0. The van der Waals surface area contributed by atoms with Gasteiger partial charge in [-0.05, 0) is 84.2 Å². The third-order valence-electron chi connectivity index (χ3n) is 4.63. The number of sulfonamides is 1. The van der Waals surface area contributed by atoms with E-state index in [0.29, 0.717) is 19.9 Å². The lowest BCUT2D eigenvalue weighted by molar-refractivity contribution is 0.0734. The monoisotopic (exact) mass is 531 g/mol. The third-order valence-corrected chi connectivity index (χ3v) is 8.22. The summed E-state index contributed by atoms with van der Waals surface area (Å²) in [4.78, 5) is 25.6. The Kier molecular flexibility index (Phi) is 7.04. The molecule has 0 atom stereocenters. The van der Waals surface area contributed by atoms with Crippen molar-refractivity contribution in [2.75, 3.05) is 4.31 Å². The first-order valence-electron chi connectivity index (χ1n) is 9.72. The molecule has 0 bridgehead atoms. The third kappa shape index (κ3) is 5.15. The average molecular weight is 532 g/mol. The van der Waals surface area contributed by atoms with E-state index in [2.05, 4.69) is 0 Å². The van der Waals surface area contributed by atoms with Gasteiger partial charge in [0.2, 0.25) is 0 Å². The van der Waals surface area contributed by atoms with Gasteiger partial charge in [0.15, 0.2) is 0 Å². The molecular weight excluding hydrogens is 517 g/mol. The van der Waals surface area contributed by atoms with Crippen molar-refractivity contribution in [2.24, 2.45) is 0 Å². The van der Waals surface area contributed by atoms with E-state index in [-0.39, 0.29) is 21.2 Å². The van der Waals surface area contributed by atoms with Crippen LogP contribution in [0.1, 0.15) is 20.7 Å². The minimum Gasteiger partial charge on any atom is -0.423 e. The smallest absolute Gasteiger partial charge is 0.343 e. The molecular formula is C24H15Cl2NO5S2. The highest BCUT2D eigenvalue weighted by atomic mass is 35.5. The van der Waals surface area contributed by atoms with Crippen LogP contribution in [0.4, 0.5) is 5.69 Å². The molecule has 0 aliphatic heterocycles. The van der Waals surface area contributed by atoms with Gasteiger partial charge in [0.05, 0.1) is 11.3 Å². The Morgan fingerprint density at radius 1 is 0.765 bits per heavy atom. The number of rotatable bonds is 6. The fraction of sp³-hybridized carbons (Fsp3) is 0. The van der Waals surface area contributed by atoms with Gasteiger partial charge in [0.1, 0.15) is 9.96 Å². The SMILES string of the molecule is O=C(Oc1ccc(N(C(=O)c2ccc(Cl)cc2)S(=O)(=O)c2cccs2)cc1)c1ccc(Cl)cc1. The van der Waals surface area contributed by atoms with Crippen molar-refractivity contribution in [1.82, 2.24) is 0 Å². The number of carbonyl (C=O) groups is 2. The second-order valence-electron chi connectivity index (χ2n) is 6.90. The Labute approximate surface area is 210 Å². The van der Waals surface area contributed by atoms with E-state index in [1.54, 1.807) is 23.6 Å². The molecule has 172 valence electrons. The molecule has 0 aliphatic rings. The predicted octanol–water partition coefficient (Wildman–Crippen LogP) is 6.31. The number of halogens is 2. The molecule has 1 aromatic heterocycles. The normalized spacial score (nSPS) is 11.1. The zero-order chi connectivity index (χ0) is 24.3. The van der Waals surface area contributed by atoms with Crippen molar-refractivity contribution in [1.29, 1.82) is 0 Å². The lowest BCUT2D eigenvalue weighted by atomic mass is 10.2. The van der Waals surface area contributed by atoms with Crippen LogP contribution in [0.5, 0.6) is 5.75 Å². The number of anilines is 1. The zero-order valence-corrected chi connectivity index (χ0v) is 20.4. The molecule has 10 heteroatoms. The van der Waals surface area contributed by atoms with Crippen LogP contribution in [0.2, 0.25) is 10.0 Å². The van der Waals surface area contributed by atoms with Crippen molar-refractivity contribution < 1.29 is 22.7 Å². The number of carbonyl (C=O) groups excluding carboxylic acids is 2. The largest absolute Gasteiger partial charge is 0.423 e. The van der Waals surface area contributed by atoms with Gasteiger partial charge >= 0.3 is 5.97 Å². The lowest BCUT2D eigenvalue weighted by Crippen LogP contribution is -2.36. The fourth-order valence-corrected chi connectivity index (χ4v) is 5.71. The van der Waals surface area contributed by atoms with Gasteiger partial charge in [-0.3, -0.25) is 4.79 Å². The molecule has 0 N–H and O–H groups in total. The zero-order valence-electron chi connectivity index (χ0n) is 17.2. The van der Waals surface area contributed by atoms with E-state index in [4.69, 9.17) is 27.9 Å². The molecule has 0 spiro atoms. The number of thiophene rings is 1. The molecule has 4 rings (SSSR count). The topological polar surface area (TPSA) is 80.8 Å². The molecule has 3 aromatic carbocycles. The van der Waals surface area contributed by atoms with E-state index < -0.39 is 21.9 Å². The summed E-state index contributed by atoms with van der Waals surface area (Å²) in [6, 6.07) is 20.7. The maximum absolute atomic E-state index is 13.3. The highest BCUT2D eigenvalue weighted by Gasteiger charge is 2.32. The Balaban J connectivity index is 1.66. The molecule has 0 fully saturated rings. The van der Waals surface area contributed by atoms with Crippen LogP contribution in [0.3, 0.4) is 0 Å². The molecule has 1 amide bonds. The number of hydrogen-bond acceptors (Lipinski definition) is 6. The molecule has 0 saturated heterocycles. The van der Waals surface area contributed by atoms with Crippen molar-refractivity contribution in [2.45, 2.75) is 4.21 Å². The van der Waals surface area contributed by atoms with Gasteiger partial charge in [-0.2, -0.15) is 12.7 Å². The molecule has 34 heavy (non-hydrogen) atoms. The van der Waals surface area contributed by atoms with Gasteiger partial charge in [-0.25, -0.2) is 4.79 Å². The van der Waals surface area contributed by atoms with Crippen molar-refractivity contribution in [3.63, 3.8) is 0 Å². The minimum absolute atomic E-state index is 0.00746. The maximum atomic E-state index is 13.3. The van der Waals surface area contributed by atoms with Crippen LogP contribution < -0.4 is 9.04 Å². The van der Waals surface area contributed by atoms with Crippen LogP contribution in [0.25, 0.3) is 0 Å². The second kappa shape index (κ2) is 9.99. The summed E-state index contributed by atoms with van der Waals surface area (Å²) in [5, 5.41) is 2.51. The van der Waals surface area contributed by atoms with Gasteiger partial charge in [-0.15, -0.1) is 11.3 Å². The first-order valence-corrected chi connectivity index (χ1v) is 12.8. The summed E-state index contributed by atoms with van der Waals surface area (Å²) in [5.74, 6) is -1.18. The Bertz CT molecular complexity index is 1420. The summed E-state index contributed by atoms with van der Waals surface area (Å²) < 4.78 is 32.8. The average Bonchev–Trinajstić information content (AvgIpc) is 3.37. The standard InChI is InChI=1S/C24H15Cl2NO5S2/c25-18-7-3-16(4-8-18)23(28)27(34(30,31)22-2-1-15-33-22)20-11-13-21(14-12-20)32-24(29)17-5-9-19(26)10-6-17/h1-15H. The summed E-state index contributed by atoms with van der Waals surface area (Å²) in [5.41, 5.74) is 0.524. The van der Waals surface area contributed by atoms with Crippen LogP contribution in [-0.2, 0) is 10.0 Å². The maximum Gasteiger partial charge on any atom is 0.343 e. The number of nitrogens with zero attached hydrogens (tertiary/aromatic N) is 1. The van der Waals surface area contributed by atoms with Crippen molar-refractivity contribution >= 4 is 62.1 Å². The van der Waals surface area contributed by atoms with Crippen LogP contribution >= 0.6 is 34.5 Å².